The van der Waals surface area contributed by atoms with Gasteiger partial charge in [0.05, 0.1) is 6.33 Å². The van der Waals surface area contributed by atoms with Crippen LogP contribution in [0.4, 0.5) is 5.69 Å². The highest BCUT2D eigenvalue weighted by molar-refractivity contribution is 5.50. The largest absolute Gasteiger partial charge is 0.398 e. The highest BCUT2D eigenvalue weighted by atomic mass is 15.0. The molecule has 3 nitrogen and oxygen atoms in total. The van der Waals surface area contributed by atoms with Crippen LogP contribution in [0.1, 0.15) is 30.9 Å². The van der Waals surface area contributed by atoms with Crippen molar-refractivity contribution in [3.05, 3.63) is 48.0 Å². The van der Waals surface area contributed by atoms with Crippen LogP contribution in [0, 0.1) is 0 Å². The Balaban J connectivity index is 2.21. The van der Waals surface area contributed by atoms with Crippen LogP contribution in [-0.4, -0.2) is 9.55 Å². The maximum atomic E-state index is 6.03. The van der Waals surface area contributed by atoms with E-state index >= 15 is 0 Å². The van der Waals surface area contributed by atoms with E-state index in [-0.39, 0.29) is 0 Å². The molecular weight excluding hydrogens is 198 g/mol. The van der Waals surface area contributed by atoms with E-state index in [4.69, 9.17) is 5.73 Å². The quantitative estimate of drug-likeness (QED) is 0.800. The average Bonchev–Trinajstić information content (AvgIpc) is 2.70. The fourth-order valence-corrected chi connectivity index (χ4v) is 1.84. The second-order valence-electron chi connectivity index (χ2n) is 4.35. The first-order valence-corrected chi connectivity index (χ1v) is 5.51. The van der Waals surface area contributed by atoms with Crippen LogP contribution in [0.3, 0.4) is 0 Å². The third-order valence-electron chi connectivity index (χ3n) is 2.70. The molecule has 0 bridgehead atoms. The lowest BCUT2D eigenvalue weighted by atomic mass is 9.99. The molecule has 2 rings (SSSR count). The summed E-state index contributed by atoms with van der Waals surface area (Å²) in [6, 6.07) is 6.30. The number of benzene rings is 1. The minimum atomic E-state index is 0.474. The molecule has 84 valence electrons. The van der Waals surface area contributed by atoms with Gasteiger partial charge >= 0.3 is 0 Å². The number of rotatable bonds is 3. The highest BCUT2D eigenvalue weighted by Crippen LogP contribution is 2.22. The molecule has 0 unspecified atom stereocenters. The molecule has 16 heavy (non-hydrogen) atoms. The van der Waals surface area contributed by atoms with Gasteiger partial charge < -0.3 is 10.3 Å². The Kier molecular flexibility index (Phi) is 2.95. The Morgan fingerprint density at radius 3 is 2.75 bits per heavy atom. The Hall–Kier alpha value is -1.77. The summed E-state index contributed by atoms with van der Waals surface area (Å²) < 4.78 is 2.03. The van der Waals surface area contributed by atoms with Crippen molar-refractivity contribution in [3.63, 3.8) is 0 Å². The zero-order valence-corrected chi connectivity index (χ0v) is 9.72. The second kappa shape index (κ2) is 4.39. The number of hydrogen-bond acceptors (Lipinski definition) is 2. The lowest BCUT2D eigenvalue weighted by Crippen LogP contribution is -2.01. The summed E-state index contributed by atoms with van der Waals surface area (Å²) in [5, 5.41) is 0. The molecule has 0 aliphatic rings. The van der Waals surface area contributed by atoms with Crippen molar-refractivity contribution in [2.75, 3.05) is 5.73 Å². The molecule has 3 heteroatoms. The van der Waals surface area contributed by atoms with Gasteiger partial charge in [0.25, 0.3) is 0 Å². The fourth-order valence-electron chi connectivity index (χ4n) is 1.84. The highest BCUT2D eigenvalue weighted by Gasteiger charge is 2.04. The fraction of sp³-hybridized carbons (Fsp3) is 0.308. The monoisotopic (exact) mass is 215 g/mol. The molecule has 0 saturated heterocycles. The molecule has 1 heterocycles. The molecule has 0 spiro atoms. The third kappa shape index (κ3) is 2.24. The summed E-state index contributed by atoms with van der Waals surface area (Å²) >= 11 is 0. The summed E-state index contributed by atoms with van der Waals surface area (Å²) in [4.78, 5) is 4.02. The molecule has 0 atom stereocenters. The molecule has 2 N–H and O–H groups in total. The van der Waals surface area contributed by atoms with Crippen molar-refractivity contribution in [1.82, 2.24) is 9.55 Å². The minimum absolute atomic E-state index is 0.474. The van der Waals surface area contributed by atoms with Crippen LogP contribution in [0.25, 0.3) is 0 Å². The minimum Gasteiger partial charge on any atom is -0.398 e. The molecule has 1 aromatic heterocycles. The molecule has 0 radical (unpaired) electrons. The second-order valence-corrected chi connectivity index (χ2v) is 4.35. The van der Waals surface area contributed by atoms with Crippen LogP contribution < -0.4 is 5.73 Å². The summed E-state index contributed by atoms with van der Waals surface area (Å²) in [6.45, 7) is 5.13. The zero-order chi connectivity index (χ0) is 11.5. The molecular formula is C13H17N3. The van der Waals surface area contributed by atoms with E-state index in [0.717, 1.165) is 12.2 Å². The van der Waals surface area contributed by atoms with Gasteiger partial charge in [0.2, 0.25) is 0 Å². The number of nitrogens with zero attached hydrogens (tertiary/aromatic N) is 2. The number of nitrogens with two attached hydrogens (primary N) is 1. The van der Waals surface area contributed by atoms with Gasteiger partial charge in [0, 0.05) is 24.6 Å². The number of nitrogen functional groups attached to an aromatic ring is 1. The predicted molar refractivity (Wildman–Crippen MR) is 66.3 cm³/mol. The van der Waals surface area contributed by atoms with Crippen LogP contribution in [0.5, 0.6) is 0 Å². The van der Waals surface area contributed by atoms with Gasteiger partial charge in [-0.05, 0) is 23.1 Å². The Morgan fingerprint density at radius 1 is 1.38 bits per heavy atom. The third-order valence-corrected chi connectivity index (χ3v) is 2.70. The number of anilines is 1. The van der Waals surface area contributed by atoms with Crippen LogP contribution in [0.15, 0.2) is 36.9 Å². The molecule has 0 saturated carbocycles. The van der Waals surface area contributed by atoms with E-state index in [9.17, 15) is 0 Å². The smallest absolute Gasteiger partial charge is 0.0949 e. The van der Waals surface area contributed by atoms with Crippen molar-refractivity contribution < 1.29 is 0 Å². The molecule has 1 aromatic carbocycles. The van der Waals surface area contributed by atoms with Crippen molar-refractivity contribution in [2.24, 2.45) is 0 Å². The van der Waals surface area contributed by atoms with Crippen molar-refractivity contribution in [3.8, 4) is 0 Å². The SMILES string of the molecule is CC(C)c1ccc(Cn2ccnc2)cc1N. The summed E-state index contributed by atoms with van der Waals surface area (Å²) in [6.07, 6.45) is 5.55. The van der Waals surface area contributed by atoms with Gasteiger partial charge in [-0.25, -0.2) is 4.98 Å². The molecule has 0 fully saturated rings. The van der Waals surface area contributed by atoms with E-state index in [1.54, 1.807) is 6.20 Å². The van der Waals surface area contributed by atoms with Crippen molar-refractivity contribution >= 4 is 5.69 Å². The van der Waals surface area contributed by atoms with Gasteiger partial charge in [-0.1, -0.05) is 26.0 Å². The van der Waals surface area contributed by atoms with E-state index in [0.29, 0.717) is 5.92 Å². The lowest BCUT2D eigenvalue weighted by molar-refractivity contribution is 0.795. The molecule has 0 amide bonds. The first kappa shape index (κ1) is 10.7. The van der Waals surface area contributed by atoms with Gasteiger partial charge in [0.15, 0.2) is 0 Å². The van der Waals surface area contributed by atoms with Gasteiger partial charge in [-0.15, -0.1) is 0 Å². The maximum absolute atomic E-state index is 6.03. The average molecular weight is 215 g/mol. The summed E-state index contributed by atoms with van der Waals surface area (Å²) in [5.74, 6) is 0.474. The maximum Gasteiger partial charge on any atom is 0.0949 e. The molecule has 0 aliphatic heterocycles. The van der Waals surface area contributed by atoms with Gasteiger partial charge in [-0.2, -0.15) is 0 Å². The topological polar surface area (TPSA) is 43.8 Å². The first-order chi connectivity index (χ1) is 7.66. The Bertz CT molecular complexity index is 458. The lowest BCUT2D eigenvalue weighted by Gasteiger charge is -2.11. The number of imidazole rings is 1. The van der Waals surface area contributed by atoms with Crippen LogP contribution in [-0.2, 0) is 6.54 Å². The van der Waals surface area contributed by atoms with E-state index < -0.39 is 0 Å². The van der Waals surface area contributed by atoms with E-state index in [1.807, 2.05) is 17.1 Å². The Morgan fingerprint density at radius 2 is 2.19 bits per heavy atom. The summed E-state index contributed by atoms with van der Waals surface area (Å²) in [5.41, 5.74) is 9.33. The van der Waals surface area contributed by atoms with Gasteiger partial charge in [-0.3, -0.25) is 0 Å². The number of hydrogen-bond donors (Lipinski definition) is 1. The molecule has 0 aliphatic carbocycles. The van der Waals surface area contributed by atoms with E-state index in [1.165, 1.54) is 11.1 Å². The standard InChI is InChI=1S/C13H17N3/c1-10(2)12-4-3-11(7-13(12)14)8-16-6-5-15-9-16/h3-7,9-10H,8,14H2,1-2H3. The van der Waals surface area contributed by atoms with Crippen LogP contribution in [0.2, 0.25) is 0 Å². The van der Waals surface area contributed by atoms with Crippen molar-refractivity contribution in [2.45, 2.75) is 26.3 Å². The van der Waals surface area contributed by atoms with E-state index in [2.05, 4.69) is 37.0 Å². The number of aromatic nitrogens is 2. The Labute approximate surface area is 95.9 Å². The predicted octanol–water partition coefficient (Wildman–Crippen LogP) is 2.64. The van der Waals surface area contributed by atoms with Crippen molar-refractivity contribution in [1.29, 1.82) is 0 Å². The zero-order valence-electron chi connectivity index (χ0n) is 9.72. The normalized spacial score (nSPS) is 10.9. The first-order valence-electron chi connectivity index (χ1n) is 5.51. The van der Waals surface area contributed by atoms with Gasteiger partial charge in [0.1, 0.15) is 0 Å². The van der Waals surface area contributed by atoms with Crippen LogP contribution >= 0.6 is 0 Å². The summed E-state index contributed by atoms with van der Waals surface area (Å²) in [7, 11) is 0. The molecule has 2 aromatic rings.